The van der Waals surface area contributed by atoms with E-state index >= 15 is 0 Å². The van der Waals surface area contributed by atoms with Crippen LogP contribution in [0.25, 0.3) is 0 Å². The number of nitrogens with zero attached hydrogens (tertiary/aromatic N) is 3. The lowest BCUT2D eigenvalue weighted by Gasteiger charge is -2.07. The second kappa shape index (κ2) is 5.78. The van der Waals surface area contributed by atoms with Crippen molar-refractivity contribution in [1.82, 2.24) is 19.7 Å². The number of aromatic nitrogens is 3. The van der Waals surface area contributed by atoms with Gasteiger partial charge in [0.25, 0.3) is 0 Å². The largest absolute Gasteiger partial charge is 0.324 e. The molecule has 2 rings (SSSR count). The van der Waals surface area contributed by atoms with Gasteiger partial charge in [0.15, 0.2) is 0 Å². The zero-order chi connectivity index (χ0) is 13.7. The second-order valence-corrected chi connectivity index (χ2v) is 5.50. The predicted octanol–water partition coefficient (Wildman–Crippen LogP) is -0.458. The van der Waals surface area contributed by atoms with Crippen LogP contribution >= 0.6 is 0 Å². The Kier molecular flexibility index (Phi) is 4.10. The Labute approximate surface area is 110 Å². The molecule has 19 heavy (non-hydrogen) atoms. The van der Waals surface area contributed by atoms with E-state index in [9.17, 15) is 8.42 Å². The molecule has 0 amide bonds. The van der Waals surface area contributed by atoms with E-state index < -0.39 is 10.0 Å². The summed E-state index contributed by atoms with van der Waals surface area (Å²) in [6.07, 6.45) is 3.20. The van der Waals surface area contributed by atoms with E-state index in [1.807, 2.05) is 0 Å². The molecule has 4 N–H and O–H groups in total. The molecular weight excluding hydrogens is 268 g/mol. The summed E-state index contributed by atoms with van der Waals surface area (Å²) < 4.78 is 27.9. The summed E-state index contributed by atoms with van der Waals surface area (Å²) in [5.74, 6) is 5.21. The third-order valence-electron chi connectivity index (χ3n) is 2.44. The fourth-order valence-corrected chi connectivity index (χ4v) is 2.48. The quantitative estimate of drug-likeness (QED) is 0.488. The van der Waals surface area contributed by atoms with Gasteiger partial charge in [0, 0.05) is 18.4 Å². The van der Waals surface area contributed by atoms with Gasteiger partial charge in [0.05, 0.1) is 17.6 Å². The van der Waals surface area contributed by atoms with E-state index in [1.165, 1.54) is 18.3 Å². The number of rotatable bonds is 6. The molecule has 2 aromatic rings. The Morgan fingerprint density at radius 2 is 2.00 bits per heavy atom. The number of nitrogens with two attached hydrogens (primary N) is 1. The highest BCUT2D eigenvalue weighted by atomic mass is 32.2. The van der Waals surface area contributed by atoms with E-state index in [0.29, 0.717) is 12.2 Å². The maximum Gasteiger partial charge on any atom is 0.240 e. The average molecular weight is 282 g/mol. The number of hydrazine groups is 1. The smallest absolute Gasteiger partial charge is 0.240 e. The molecule has 102 valence electrons. The molecule has 0 atom stereocenters. The van der Waals surface area contributed by atoms with Crippen LogP contribution in [0.1, 0.15) is 0 Å². The van der Waals surface area contributed by atoms with Gasteiger partial charge in [0.2, 0.25) is 10.0 Å². The van der Waals surface area contributed by atoms with Crippen molar-refractivity contribution in [2.45, 2.75) is 11.4 Å². The fraction of sp³-hybridized carbons (Fsp3) is 0.200. The van der Waals surface area contributed by atoms with Gasteiger partial charge in [-0.05, 0) is 24.3 Å². The Morgan fingerprint density at radius 1 is 1.26 bits per heavy atom. The van der Waals surface area contributed by atoms with Crippen molar-refractivity contribution in [3.63, 3.8) is 0 Å². The van der Waals surface area contributed by atoms with Crippen LogP contribution < -0.4 is 16.0 Å². The summed E-state index contributed by atoms with van der Waals surface area (Å²) in [4.78, 5) is 0.185. The molecule has 0 radical (unpaired) electrons. The van der Waals surface area contributed by atoms with Crippen LogP contribution in [0.4, 0.5) is 5.69 Å². The van der Waals surface area contributed by atoms with Crippen molar-refractivity contribution in [2.75, 3.05) is 12.0 Å². The first kappa shape index (κ1) is 13.5. The van der Waals surface area contributed by atoms with Gasteiger partial charge in [-0.15, -0.1) is 5.10 Å². The van der Waals surface area contributed by atoms with Crippen molar-refractivity contribution in [1.29, 1.82) is 0 Å². The molecule has 0 aliphatic carbocycles. The van der Waals surface area contributed by atoms with Crippen LogP contribution in [0, 0.1) is 0 Å². The first-order valence-electron chi connectivity index (χ1n) is 5.52. The maximum absolute atomic E-state index is 12.0. The zero-order valence-electron chi connectivity index (χ0n) is 10.0. The molecule has 1 aromatic heterocycles. The number of hydrogen-bond acceptors (Lipinski definition) is 6. The van der Waals surface area contributed by atoms with Gasteiger partial charge in [0.1, 0.15) is 0 Å². The van der Waals surface area contributed by atoms with Crippen molar-refractivity contribution >= 4 is 15.7 Å². The molecule has 8 nitrogen and oxygen atoms in total. The van der Waals surface area contributed by atoms with Gasteiger partial charge in [-0.2, -0.15) is 0 Å². The van der Waals surface area contributed by atoms with Crippen LogP contribution in [-0.2, 0) is 16.6 Å². The number of hydrogen-bond donors (Lipinski definition) is 3. The first-order chi connectivity index (χ1) is 9.12. The molecule has 0 aliphatic rings. The van der Waals surface area contributed by atoms with Crippen molar-refractivity contribution in [3.05, 3.63) is 36.7 Å². The monoisotopic (exact) mass is 282 g/mol. The van der Waals surface area contributed by atoms with E-state index in [-0.39, 0.29) is 11.4 Å². The summed E-state index contributed by atoms with van der Waals surface area (Å²) in [5.41, 5.74) is 3.07. The van der Waals surface area contributed by atoms with E-state index in [1.54, 1.807) is 23.0 Å². The number of nitrogen functional groups attached to an aromatic ring is 1. The lowest BCUT2D eigenvalue weighted by Crippen LogP contribution is -2.27. The molecule has 0 aliphatic heterocycles. The zero-order valence-corrected chi connectivity index (χ0v) is 10.8. The average Bonchev–Trinajstić information content (AvgIpc) is 2.92. The minimum atomic E-state index is -3.52. The molecule has 0 saturated heterocycles. The maximum atomic E-state index is 12.0. The van der Waals surface area contributed by atoms with Crippen molar-refractivity contribution in [2.24, 2.45) is 5.84 Å². The number of anilines is 1. The fourth-order valence-electron chi connectivity index (χ4n) is 1.46. The third kappa shape index (κ3) is 3.50. The van der Waals surface area contributed by atoms with Crippen LogP contribution in [0.2, 0.25) is 0 Å². The topological polar surface area (TPSA) is 115 Å². The summed E-state index contributed by atoms with van der Waals surface area (Å²) in [6.45, 7) is 0.657. The summed E-state index contributed by atoms with van der Waals surface area (Å²) >= 11 is 0. The molecule has 0 bridgehead atoms. The Morgan fingerprint density at radius 3 is 2.58 bits per heavy atom. The molecule has 0 unspecified atom stereocenters. The highest BCUT2D eigenvalue weighted by Crippen LogP contribution is 2.12. The van der Waals surface area contributed by atoms with Gasteiger partial charge in [-0.1, -0.05) is 5.21 Å². The summed E-state index contributed by atoms with van der Waals surface area (Å²) in [5, 5.41) is 7.37. The summed E-state index contributed by atoms with van der Waals surface area (Å²) in [7, 11) is -3.52. The van der Waals surface area contributed by atoms with Gasteiger partial charge in [-0.3, -0.25) is 10.5 Å². The molecule has 1 heterocycles. The molecule has 0 spiro atoms. The van der Waals surface area contributed by atoms with Crippen LogP contribution in [0.15, 0.2) is 41.6 Å². The molecule has 1 aromatic carbocycles. The number of nitrogens with one attached hydrogen (secondary N) is 2. The first-order valence-corrected chi connectivity index (χ1v) is 7.00. The Balaban J connectivity index is 1.97. The Hall–Kier alpha value is -1.97. The normalized spacial score (nSPS) is 11.4. The summed E-state index contributed by atoms with van der Waals surface area (Å²) in [6, 6.07) is 6.14. The van der Waals surface area contributed by atoms with Crippen molar-refractivity contribution in [3.8, 4) is 0 Å². The third-order valence-corrected chi connectivity index (χ3v) is 3.91. The van der Waals surface area contributed by atoms with E-state index in [4.69, 9.17) is 5.84 Å². The minimum Gasteiger partial charge on any atom is -0.324 e. The molecule has 9 heteroatoms. The molecule has 0 saturated carbocycles. The lowest BCUT2D eigenvalue weighted by molar-refractivity contribution is 0.553. The lowest BCUT2D eigenvalue weighted by atomic mass is 10.3. The second-order valence-electron chi connectivity index (χ2n) is 3.73. The standard InChI is InChI=1S/C10H14N6O2S/c11-14-9-1-3-10(4-2-9)19(17,18)13-6-8-16-7-5-12-15-16/h1-5,7,13-14H,6,8,11H2. The van der Waals surface area contributed by atoms with Gasteiger partial charge in [-0.25, -0.2) is 13.1 Å². The van der Waals surface area contributed by atoms with Crippen LogP contribution in [0.3, 0.4) is 0 Å². The van der Waals surface area contributed by atoms with E-state index in [0.717, 1.165) is 0 Å². The highest BCUT2D eigenvalue weighted by Gasteiger charge is 2.12. The molecular formula is C10H14N6O2S. The van der Waals surface area contributed by atoms with Crippen molar-refractivity contribution < 1.29 is 8.42 Å². The van der Waals surface area contributed by atoms with Crippen LogP contribution in [0.5, 0.6) is 0 Å². The molecule has 0 fully saturated rings. The number of sulfonamides is 1. The van der Waals surface area contributed by atoms with Gasteiger partial charge >= 0.3 is 0 Å². The van der Waals surface area contributed by atoms with E-state index in [2.05, 4.69) is 20.5 Å². The van der Waals surface area contributed by atoms with Gasteiger partial charge < -0.3 is 5.43 Å². The minimum absolute atomic E-state index is 0.185. The predicted molar refractivity (Wildman–Crippen MR) is 69.5 cm³/mol. The SMILES string of the molecule is NNc1ccc(S(=O)(=O)NCCn2ccnn2)cc1. The Bertz CT molecular complexity index is 608. The number of benzene rings is 1. The van der Waals surface area contributed by atoms with Crippen LogP contribution in [-0.4, -0.2) is 30.0 Å². The highest BCUT2D eigenvalue weighted by molar-refractivity contribution is 7.89.